The maximum atomic E-state index is 11.1. The van der Waals surface area contributed by atoms with Crippen LogP contribution in [0.15, 0.2) is 0 Å². The summed E-state index contributed by atoms with van der Waals surface area (Å²) >= 11 is 0. The van der Waals surface area contributed by atoms with E-state index in [4.69, 9.17) is 19.7 Å². The highest BCUT2D eigenvalue weighted by Gasteiger charge is 2.37. The third kappa shape index (κ3) is 5.46. The van der Waals surface area contributed by atoms with Crippen LogP contribution in [0.2, 0.25) is 0 Å². The molecule has 0 heterocycles. The van der Waals surface area contributed by atoms with Crippen LogP contribution >= 0.6 is 0 Å². The second-order valence-electron chi connectivity index (χ2n) is 4.23. The molecule has 0 aliphatic carbocycles. The molecule has 0 aromatic carbocycles. The Morgan fingerprint density at radius 2 is 1.17 bits per heavy atom. The first kappa shape index (κ1) is 16.9. The Labute approximate surface area is 107 Å². The summed E-state index contributed by atoms with van der Waals surface area (Å²) in [5, 5.41) is 18.1. The average molecular weight is 262 g/mol. The Morgan fingerprint density at radius 1 is 0.889 bits per heavy atom. The van der Waals surface area contributed by atoms with Crippen molar-refractivity contribution in [3.63, 3.8) is 0 Å². The van der Waals surface area contributed by atoms with Crippen molar-refractivity contribution in [2.75, 3.05) is 0 Å². The highest BCUT2D eigenvalue weighted by Crippen LogP contribution is 2.13. The van der Waals surface area contributed by atoms with E-state index in [2.05, 4.69) is 0 Å². The predicted octanol–water partition coefficient (Wildman–Crippen LogP) is 1.52. The molecule has 106 valence electrons. The molecule has 0 amide bonds. The fourth-order valence-electron chi connectivity index (χ4n) is 1.21. The number of rotatable bonds is 9. The van der Waals surface area contributed by atoms with E-state index in [0.29, 0.717) is 12.8 Å². The van der Waals surface area contributed by atoms with Crippen molar-refractivity contribution in [1.82, 2.24) is 0 Å². The van der Waals surface area contributed by atoms with Gasteiger partial charge in [-0.3, -0.25) is 0 Å². The topological polar surface area (TPSA) is 93.1 Å². The number of hydrogen-bond donors (Lipinski definition) is 2. The van der Waals surface area contributed by atoms with Gasteiger partial charge in [-0.2, -0.15) is 0 Å². The van der Waals surface area contributed by atoms with E-state index in [1.807, 2.05) is 13.8 Å². The van der Waals surface area contributed by atoms with E-state index in [9.17, 15) is 9.59 Å². The molecule has 18 heavy (non-hydrogen) atoms. The summed E-state index contributed by atoms with van der Waals surface area (Å²) in [7, 11) is 0. The van der Waals surface area contributed by atoms with E-state index in [-0.39, 0.29) is 12.2 Å². The van der Waals surface area contributed by atoms with Crippen molar-refractivity contribution in [2.45, 2.75) is 65.0 Å². The lowest BCUT2D eigenvalue weighted by Gasteiger charge is -2.26. The van der Waals surface area contributed by atoms with Gasteiger partial charge in [-0.1, -0.05) is 13.8 Å². The number of carbonyl (C=O) groups is 2. The van der Waals surface area contributed by atoms with Gasteiger partial charge in [0.25, 0.3) is 0 Å². The van der Waals surface area contributed by atoms with Crippen LogP contribution in [0.3, 0.4) is 0 Å². The molecule has 6 nitrogen and oxygen atoms in total. The molecule has 6 heteroatoms. The number of carboxylic acids is 2. The molecule has 4 unspecified atom stereocenters. The molecule has 2 N–H and O–H groups in total. The zero-order valence-electron chi connectivity index (χ0n) is 11.3. The summed E-state index contributed by atoms with van der Waals surface area (Å²) in [6.07, 6.45) is -2.47. The molecule has 0 saturated carbocycles. The van der Waals surface area contributed by atoms with Gasteiger partial charge in [-0.25, -0.2) is 9.59 Å². The minimum atomic E-state index is -1.49. The molecule has 0 aliphatic rings. The third-order valence-corrected chi connectivity index (χ3v) is 2.67. The van der Waals surface area contributed by atoms with Crippen molar-refractivity contribution in [2.24, 2.45) is 0 Å². The fraction of sp³-hybridized carbons (Fsp3) is 0.833. The summed E-state index contributed by atoms with van der Waals surface area (Å²) in [6.45, 7) is 7.04. The minimum absolute atomic E-state index is 0.339. The number of ether oxygens (including phenoxy) is 2. The summed E-state index contributed by atoms with van der Waals surface area (Å²) in [5.74, 6) is -2.66. The van der Waals surface area contributed by atoms with Crippen LogP contribution < -0.4 is 0 Å². The highest BCUT2D eigenvalue weighted by atomic mass is 16.6. The van der Waals surface area contributed by atoms with E-state index in [0.717, 1.165) is 0 Å². The lowest BCUT2D eigenvalue weighted by Crippen LogP contribution is -2.46. The van der Waals surface area contributed by atoms with Crippen molar-refractivity contribution in [3.8, 4) is 0 Å². The molecule has 4 atom stereocenters. The van der Waals surface area contributed by atoms with Gasteiger partial charge in [0.15, 0.2) is 12.2 Å². The van der Waals surface area contributed by atoms with E-state index in [1.165, 1.54) is 0 Å². The normalized spacial score (nSPS) is 17.8. The first-order chi connectivity index (χ1) is 8.33. The molecule has 0 saturated heterocycles. The van der Waals surface area contributed by atoms with Gasteiger partial charge in [0.2, 0.25) is 0 Å². The van der Waals surface area contributed by atoms with E-state index < -0.39 is 24.1 Å². The van der Waals surface area contributed by atoms with Gasteiger partial charge >= 0.3 is 11.9 Å². The van der Waals surface area contributed by atoms with Crippen molar-refractivity contribution in [3.05, 3.63) is 0 Å². The first-order valence-electron chi connectivity index (χ1n) is 6.09. The molecule has 0 fully saturated rings. The van der Waals surface area contributed by atoms with Gasteiger partial charge in [-0.05, 0) is 26.7 Å². The molecule has 0 rings (SSSR count). The molecule has 0 spiro atoms. The van der Waals surface area contributed by atoms with Crippen molar-refractivity contribution < 1.29 is 29.3 Å². The summed E-state index contributed by atoms with van der Waals surface area (Å²) in [6, 6.07) is 0. The molecule has 0 aromatic rings. The largest absolute Gasteiger partial charge is 0.479 e. The van der Waals surface area contributed by atoms with Gasteiger partial charge < -0.3 is 19.7 Å². The second kappa shape index (κ2) is 8.05. The maximum Gasteiger partial charge on any atom is 0.336 e. The van der Waals surface area contributed by atoms with Crippen molar-refractivity contribution >= 4 is 11.9 Å². The smallest absolute Gasteiger partial charge is 0.336 e. The predicted molar refractivity (Wildman–Crippen MR) is 64.5 cm³/mol. The van der Waals surface area contributed by atoms with Gasteiger partial charge in [-0.15, -0.1) is 0 Å². The number of carboxylic acid groups (broad SMARTS) is 2. The molecule has 0 bridgehead atoms. The van der Waals surface area contributed by atoms with E-state index >= 15 is 0 Å². The molecule has 0 aromatic heterocycles. The Bertz CT molecular complexity index is 250. The Kier molecular flexibility index (Phi) is 7.54. The van der Waals surface area contributed by atoms with Gasteiger partial charge in [0.05, 0.1) is 12.2 Å². The van der Waals surface area contributed by atoms with Gasteiger partial charge in [0, 0.05) is 0 Å². The van der Waals surface area contributed by atoms with Crippen LogP contribution in [0.5, 0.6) is 0 Å². The molecular weight excluding hydrogens is 240 g/mol. The second-order valence-corrected chi connectivity index (χ2v) is 4.23. The van der Waals surface area contributed by atoms with Crippen molar-refractivity contribution in [1.29, 1.82) is 0 Å². The SMILES string of the molecule is CCC(C)OC(C(=O)O)C(OC(C)CC)C(=O)O. The summed E-state index contributed by atoms with van der Waals surface area (Å²) < 4.78 is 10.4. The lowest BCUT2D eigenvalue weighted by molar-refractivity contribution is -0.186. The van der Waals surface area contributed by atoms with Crippen LogP contribution in [0.1, 0.15) is 40.5 Å². The zero-order valence-corrected chi connectivity index (χ0v) is 11.3. The molecular formula is C12H22O6. The maximum absolute atomic E-state index is 11.1. The van der Waals surface area contributed by atoms with Crippen LogP contribution in [0.25, 0.3) is 0 Å². The van der Waals surface area contributed by atoms with Crippen LogP contribution in [0, 0.1) is 0 Å². The standard InChI is InChI=1S/C12H22O6/c1-5-7(3)17-9(11(13)14)10(12(15)16)18-8(4)6-2/h7-10H,5-6H2,1-4H3,(H,13,14)(H,15,16). The quantitative estimate of drug-likeness (QED) is 0.654. The molecule has 0 radical (unpaired) electrons. The van der Waals surface area contributed by atoms with E-state index in [1.54, 1.807) is 13.8 Å². The van der Waals surface area contributed by atoms with Crippen LogP contribution in [-0.2, 0) is 19.1 Å². The Balaban J connectivity index is 4.88. The summed E-state index contributed by atoms with van der Waals surface area (Å²) in [4.78, 5) is 22.2. The number of hydrogen-bond acceptors (Lipinski definition) is 4. The number of aliphatic carboxylic acids is 2. The zero-order chi connectivity index (χ0) is 14.3. The van der Waals surface area contributed by atoms with Gasteiger partial charge in [0.1, 0.15) is 0 Å². The third-order valence-electron chi connectivity index (χ3n) is 2.67. The Morgan fingerprint density at radius 3 is 1.33 bits per heavy atom. The van der Waals surface area contributed by atoms with Crippen LogP contribution in [0.4, 0.5) is 0 Å². The fourth-order valence-corrected chi connectivity index (χ4v) is 1.21. The highest BCUT2D eigenvalue weighted by molar-refractivity contribution is 5.83. The first-order valence-corrected chi connectivity index (χ1v) is 6.09. The monoisotopic (exact) mass is 262 g/mol. The minimum Gasteiger partial charge on any atom is -0.479 e. The average Bonchev–Trinajstić information content (AvgIpc) is 2.31. The Hall–Kier alpha value is -1.14. The van der Waals surface area contributed by atoms with Crippen LogP contribution in [-0.4, -0.2) is 46.6 Å². The summed E-state index contributed by atoms with van der Waals surface area (Å²) in [5.41, 5.74) is 0. The lowest BCUT2D eigenvalue weighted by atomic mass is 10.1. The molecule has 0 aliphatic heterocycles.